The number of rotatable bonds is 5. The number of hydrogen-bond acceptors (Lipinski definition) is 6. The number of fused-ring (bicyclic) bond motifs is 1. The minimum Gasteiger partial charge on any atom is -0.475 e. The van der Waals surface area contributed by atoms with Crippen LogP contribution in [0.5, 0.6) is 0 Å². The van der Waals surface area contributed by atoms with E-state index < -0.39 is 17.8 Å². The van der Waals surface area contributed by atoms with E-state index in [9.17, 15) is 14.4 Å². The van der Waals surface area contributed by atoms with E-state index in [0.29, 0.717) is 5.52 Å². The summed E-state index contributed by atoms with van der Waals surface area (Å²) < 4.78 is 5.20. The van der Waals surface area contributed by atoms with Crippen LogP contribution >= 0.6 is 0 Å². The van der Waals surface area contributed by atoms with Crippen molar-refractivity contribution in [1.82, 2.24) is 20.4 Å². The summed E-state index contributed by atoms with van der Waals surface area (Å²) >= 11 is 0. The van der Waals surface area contributed by atoms with E-state index in [1.807, 2.05) is 0 Å². The number of carboxylic acid groups (broad SMARTS) is 1. The van der Waals surface area contributed by atoms with E-state index >= 15 is 0 Å². The van der Waals surface area contributed by atoms with Crippen molar-refractivity contribution in [1.29, 1.82) is 0 Å². The lowest BCUT2D eigenvalue weighted by molar-refractivity contribution is 0.0664. The summed E-state index contributed by atoms with van der Waals surface area (Å²) in [5.41, 5.74) is 1.78. The fourth-order valence-electron chi connectivity index (χ4n) is 2.69. The number of aromatic amines is 2. The number of H-pyrrole nitrogens is 2. The number of hydrogen-bond donors (Lipinski definition) is 5. The van der Waals surface area contributed by atoms with Crippen molar-refractivity contribution >= 4 is 40.4 Å². The highest BCUT2D eigenvalue weighted by atomic mass is 16.4. The van der Waals surface area contributed by atoms with Crippen LogP contribution in [0.2, 0.25) is 0 Å². The minimum atomic E-state index is -1.24. The van der Waals surface area contributed by atoms with Crippen molar-refractivity contribution in [3.63, 3.8) is 0 Å². The molecule has 3 heterocycles. The number of para-hydroxylation sites is 1. The van der Waals surface area contributed by atoms with Crippen LogP contribution in [0, 0.1) is 6.92 Å². The van der Waals surface area contributed by atoms with E-state index in [-0.39, 0.29) is 34.1 Å². The topological polar surface area (TPSA) is 166 Å². The molecule has 0 aliphatic rings. The fourth-order valence-corrected chi connectivity index (χ4v) is 2.69. The standard InChI is InChI=1S/C18H14N6O5/c1-8-6-12(23-21-8)17(26)19-10-5-3-2-4-9(10)16(25)20-15-14-11(22-24-15)7-13(29-14)18(27)28/h2-7H,1H3,(H,19,26)(H,21,23)(H,27,28)(H2,20,22,24,25). The molecule has 29 heavy (non-hydrogen) atoms. The summed E-state index contributed by atoms with van der Waals surface area (Å²) in [5.74, 6) is -2.55. The lowest BCUT2D eigenvalue weighted by Gasteiger charge is -2.09. The number of anilines is 2. The van der Waals surface area contributed by atoms with Gasteiger partial charge in [-0.15, -0.1) is 0 Å². The first-order valence-corrected chi connectivity index (χ1v) is 8.37. The van der Waals surface area contributed by atoms with Crippen molar-refractivity contribution in [2.45, 2.75) is 6.92 Å². The van der Waals surface area contributed by atoms with Gasteiger partial charge in [0, 0.05) is 11.8 Å². The molecular formula is C18H14N6O5. The number of nitrogens with one attached hydrogen (secondary N) is 4. The maximum Gasteiger partial charge on any atom is 0.371 e. The summed E-state index contributed by atoms with van der Waals surface area (Å²) in [6.45, 7) is 1.76. The first-order valence-electron chi connectivity index (χ1n) is 8.37. The van der Waals surface area contributed by atoms with Gasteiger partial charge in [-0.2, -0.15) is 10.2 Å². The molecule has 0 atom stereocenters. The van der Waals surface area contributed by atoms with Crippen molar-refractivity contribution < 1.29 is 23.9 Å². The molecule has 0 unspecified atom stereocenters. The minimum absolute atomic E-state index is 0.0292. The third-order valence-corrected chi connectivity index (χ3v) is 4.04. The van der Waals surface area contributed by atoms with Crippen LogP contribution in [0.4, 0.5) is 11.5 Å². The van der Waals surface area contributed by atoms with Crippen LogP contribution in [-0.4, -0.2) is 43.3 Å². The summed E-state index contributed by atoms with van der Waals surface area (Å²) in [5, 5.41) is 27.3. The highest BCUT2D eigenvalue weighted by Crippen LogP contribution is 2.25. The van der Waals surface area contributed by atoms with E-state index in [2.05, 4.69) is 31.0 Å². The Labute approximate surface area is 162 Å². The maximum absolute atomic E-state index is 12.7. The highest BCUT2D eigenvalue weighted by Gasteiger charge is 2.20. The molecule has 4 aromatic rings. The monoisotopic (exact) mass is 394 g/mol. The molecule has 0 fully saturated rings. The Kier molecular flexibility index (Phi) is 4.31. The summed E-state index contributed by atoms with van der Waals surface area (Å²) in [4.78, 5) is 36.1. The number of carboxylic acids is 1. The summed E-state index contributed by atoms with van der Waals surface area (Å²) in [6.07, 6.45) is 0. The van der Waals surface area contributed by atoms with Gasteiger partial charge in [0.25, 0.3) is 11.8 Å². The SMILES string of the molecule is Cc1cc(C(=O)Nc2ccccc2C(=O)Nc2n[nH]c3cc(C(=O)O)oc23)n[nH]1. The van der Waals surface area contributed by atoms with E-state index in [1.54, 1.807) is 31.2 Å². The number of carbonyl (C=O) groups excluding carboxylic acids is 2. The first kappa shape index (κ1) is 18.0. The molecule has 0 bridgehead atoms. The van der Waals surface area contributed by atoms with E-state index in [4.69, 9.17) is 9.52 Å². The highest BCUT2D eigenvalue weighted by molar-refractivity contribution is 6.13. The molecule has 4 rings (SSSR count). The Morgan fingerprint density at radius 3 is 2.55 bits per heavy atom. The smallest absolute Gasteiger partial charge is 0.371 e. The molecule has 1 aromatic carbocycles. The quantitative estimate of drug-likeness (QED) is 0.346. The van der Waals surface area contributed by atoms with Crippen LogP contribution in [0.15, 0.2) is 40.8 Å². The van der Waals surface area contributed by atoms with E-state index in [0.717, 1.165) is 5.69 Å². The number of nitrogens with zero attached hydrogens (tertiary/aromatic N) is 2. The molecule has 0 aliphatic heterocycles. The summed E-state index contributed by atoms with van der Waals surface area (Å²) in [6, 6.07) is 9.24. The van der Waals surface area contributed by atoms with Gasteiger partial charge in [0.05, 0.1) is 11.3 Å². The van der Waals surface area contributed by atoms with Gasteiger partial charge >= 0.3 is 5.97 Å². The number of aromatic carboxylic acids is 1. The van der Waals surface area contributed by atoms with Crippen molar-refractivity contribution in [3.8, 4) is 0 Å². The zero-order chi connectivity index (χ0) is 20.5. The van der Waals surface area contributed by atoms with Gasteiger partial charge in [-0.25, -0.2) is 4.79 Å². The first-order chi connectivity index (χ1) is 13.9. The van der Waals surface area contributed by atoms with Gasteiger partial charge < -0.3 is 20.2 Å². The number of aromatic nitrogens is 4. The lowest BCUT2D eigenvalue weighted by Crippen LogP contribution is -2.18. The zero-order valence-corrected chi connectivity index (χ0v) is 14.9. The normalized spacial score (nSPS) is 10.8. The van der Waals surface area contributed by atoms with Crippen LogP contribution in [0.1, 0.15) is 37.1 Å². The van der Waals surface area contributed by atoms with E-state index in [1.165, 1.54) is 12.1 Å². The largest absolute Gasteiger partial charge is 0.475 e. The average Bonchev–Trinajstić information content (AvgIpc) is 3.39. The average molecular weight is 394 g/mol. The second-order valence-electron chi connectivity index (χ2n) is 6.12. The second kappa shape index (κ2) is 6.96. The number of aryl methyl sites for hydroxylation is 1. The molecule has 2 amide bonds. The Balaban J connectivity index is 1.58. The Morgan fingerprint density at radius 1 is 1.03 bits per heavy atom. The zero-order valence-electron chi connectivity index (χ0n) is 14.9. The van der Waals surface area contributed by atoms with Gasteiger partial charge in [0.15, 0.2) is 17.1 Å². The molecule has 0 spiro atoms. The van der Waals surface area contributed by atoms with Crippen LogP contribution < -0.4 is 10.6 Å². The molecule has 11 nitrogen and oxygen atoms in total. The van der Waals surface area contributed by atoms with Gasteiger partial charge in [-0.1, -0.05) is 12.1 Å². The van der Waals surface area contributed by atoms with Crippen molar-refractivity contribution in [2.24, 2.45) is 0 Å². The van der Waals surface area contributed by atoms with Gasteiger partial charge in [-0.3, -0.25) is 19.8 Å². The molecule has 0 aliphatic carbocycles. The van der Waals surface area contributed by atoms with Crippen LogP contribution in [0.3, 0.4) is 0 Å². The number of benzene rings is 1. The molecule has 5 N–H and O–H groups in total. The molecular weight excluding hydrogens is 380 g/mol. The van der Waals surface area contributed by atoms with Gasteiger partial charge in [-0.05, 0) is 25.1 Å². The molecule has 146 valence electrons. The Morgan fingerprint density at radius 2 is 1.83 bits per heavy atom. The number of carbonyl (C=O) groups is 3. The molecule has 0 saturated carbocycles. The van der Waals surface area contributed by atoms with Crippen molar-refractivity contribution in [3.05, 3.63) is 59.1 Å². The third kappa shape index (κ3) is 3.43. The fraction of sp³-hybridized carbons (Fsp3) is 0.0556. The van der Waals surface area contributed by atoms with Gasteiger partial charge in [0.2, 0.25) is 5.76 Å². The Hall–Kier alpha value is -4.41. The van der Waals surface area contributed by atoms with Crippen molar-refractivity contribution in [2.75, 3.05) is 10.6 Å². The number of furan rings is 1. The molecule has 0 saturated heterocycles. The van der Waals surface area contributed by atoms with Crippen LogP contribution in [0.25, 0.3) is 11.1 Å². The van der Waals surface area contributed by atoms with Crippen LogP contribution in [-0.2, 0) is 0 Å². The predicted molar refractivity (Wildman–Crippen MR) is 101 cm³/mol. The molecule has 11 heteroatoms. The summed E-state index contributed by atoms with van der Waals surface area (Å²) in [7, 11) is 0. The van der Waals surface area contributed by atoms with Gasteiger partial charge in [0.1, 0.15) is 5.52 Å². The third-order valence-electron chi connectivity index (χ3n) is 4.04. The number of amides is 2. The second-order valence-corrected chi connectivity index (χ2v) is 6.12. The Bertz CT molecular complexity index is 1250. The lowest BCUT2D eigenvalue weighted by atomic mass is 10.1. The predicted octanol–water partition coefficient (Wildman–Crippen LogP) is 2.39. The maximum atomic E-state index is 12.7. The molecule has 3 aromatic heterocycles. The molecule has 0 radical (unpaired) electrons.